The van der Waals surface area contributed by atoms with Crippen molar-refractivity contribution in [3.63, 3.8) is 0 Å². The summed E-state index contributed by atoms with van der Waals surface area (Å²) in [6.45, 7) is 24.7. The van der Waals surface area contributed by atoms with Crippen molar-refractivity contribution in [2.75, 3.05) is 22.9 Å². The number of rotatable bonds is 8. The molecule has 0 bridgehead atoms. The number of benzene rings is 2. The molecule has 3 aliphatic rings. The fourth-order valence-corrected chi connectivity index (χ4v) is 9.13. The van der Waals surface area contributed by atoms with Crippen molar-refractivity contribution >= 4 is 16.9 Å². The molecule has 2 aromatic carbocycles. The third-order valence-corrected chi connectivity index (χ3v) is 12.6. The van der Waals surface area contributed by atoms with Crippen LogP contribution in [-0.4, -0.2) is 62.3 Å². The summed E-state index contributed by atoms with van der Waals surface area (Å²) in [5, 5.41) is 3.53. The summed E-state index contributed by atoms with van der Waals surface area (Å²) >= 11 is 0. The molecule has 1 unspecified atom stereocenters. The van der Waals surface area contributed by atoms with Gasteiger partial charge in [0.2, 0.25) is 0 Å². The molecule has 0 spiro atoms. The summed E-state index contributed by atoms with van der Waals surface area (Å²) in [4.78, 5) is 28.3. The van der Waals surface area contributed by atoms with E-state index in [1.165, 1.54) is 28.3 Å². The van der Waals surface area contributed by atoms with Gasteiger partial charge in [-0.1, -0.05) is 59.8 Å². The maximum absolute atomic E-state index is 5.02. The number of nitrogens with one attached hydrogen (secondary N) is 1. The Hall–Kier alpha value is -6.69. The van der Waals surface area contributed by atoms with E-state index in [-0.39, 0.29) is 6.04 Å². The molecular formula is C52H64N12. The van der Waals surface area contributed by atoms with E-state index in [9.17, 15) is 0 Å². The molecule has 64 heavy (non-hydrogen) atoms. The van der Waals surface area contributed by atoms with E-state index < -0.39 is 0 Å². The Morgan fingerprint density at radius 2 is 1.30 bits per heavy atom. The first-order valence-electron chi connectivity index (χ1n) is 22.9. The highest BCUT2D eigenvalue weighted by Crippen LogP contribution is 2.35. The van der Waals surface area contributed by atoms with Crippen LogP contribution in [0.1, 0.15) is 87.7 Å². The molecule has 0 saturated heterocycles. The van der Waals surface area contributed by atoms with Crippen LogP contribution in [0.15, 0.2) is 110 Å². The van der Waals surface area contributed by atoms with Gasteiger partial charge in [-0.2, -0.15) is 0 Å². The van der Waals surface area contributed by atoms with E-state index in [1.807, 2.05) is 63.4 Å². The Labute approximate surface area is 379 Å². The number of hydrogen-bond acceptors (Lipinski definition) is 8. The van der Waals surface area contributed by atoms with E-state index in [1.54, 1.807) is 6.20 Å². The summed E-state index contributed by atoms with van der Waals surface area (Å²) in [5.74, 6) is 4.06. The number of allylic oxidation sites excluding steroid dienone is 2. The zero-order valence-corrected chi connectivity index (χ0v) is 39.3. The molecular weight excluding hydrogens is 793 g/mol. The molecule has 0 saturated carbocycles. The van der Waals surface area contributed by atoms with Gasteiger partial charge in [-0.25, -0.2) is 19.9 Å². The van der Waals surface area contributed by atoms with E-state index in [0.29, 0.717) is 11.8 Å². The maximum atomic E-state index is 5.02. The summed E-state index contributed by atoms with van der Waals surface area (Å²) in [5.41, 5.74) is 14.1. The molecule has 0 aliphatic carbocycles. The second-order valence-corrected chi connectivity index (χ2v) is 17.3. The molecule has 12 nitrogen and oxygen atoms in total. The van der Waals surface area contributed by atoms with Crippen LogP contribution in [0.4, 0.5) is 11.4 Å². The van der Waals surface area contributed by atoms with Crippen LogP contribution in [0.25, 0.3) is 33.8 Å². The van der Waals surface area contributed by atoms with Gasteiger partial charge in [-0.15, -0.1) is 0 Å². The Balaban J connectivity index is 0.000000169. The zero-order valence-electron chi connectivity index (χ0n) is 39.3. The molecule has 7 aromatic rings. The van der Waals surface area contributed by atoms with Gasteiger partial charge in [0, 0.05) is 91.8 Å². The summed E-state index contributed by atoms with van der Waals surface area (Å²) < 4.78 is 8.84. The molecule has 0 radical (unpaired) electrons. The SMILES string of the molecule is CC.Cc1nc(-c2ccc(N3CCn4c(C)nc(C5=CC=CNC5C(C)C)c4C3)cc2)cn1C.Cc1nc(-c2cccnc2C(C)C)c2n1CCN(c1ccc(-n3ccnc3)cc1)C2. The minimum atomic E-state index is 0.287. The number of nitrogens with zero attached hydrogens (tertiary/aromatic N) is 11. The highest BCUT2D eigenvalue weighted by Gasteiger charge is 2.30. The minimum absolute atomic E-state index is 0.287. The van der Waals surface area contributed by atoms with Gasteiger partial charge < -0.3 is 33.4 Å². The highest BCUT2D eigenvalue weighted by atomic mass is 15.2. The van der Waals surface area contributed by atoms with Crippen molar-refractivity contribution in [1.82, 2.24) is 48.5 Å². The average molecular weight is 857 g/mol. The number of aryl methyl sites for hydroxylation is 4. The van der Waals surface area contributed by atoms with Crippen LogP contribution < -0.4 is 15.1 Å². The van der Waals surface area contributed by atoms with Crippen molar-refractivity contribution in [1.29, 1.82) is 0 Å². The highest BCUT2D eigenvalue weighted by molar-refractivity contribution is 5.73. The van der Waals surface area contributed by atoms with Crippen LogP contribution in [0.5, 0.6) is 0 Å². The predicted molar refractivity (Wildman–Crippen MR) is 261 cm³/mol. The van der Waals surface area contributed by atoms with E-state index in [4.69, 9.17) is 9.97 Å². The molecule has 0 fully saturated rings. The number of fused-ring (bicyclic) bond motifs is 2. The number of dihydropyridines is 1. The van der Waals surface area contributed by atoms with E-state index >= 15 is 0 Å². The van der Waals surface area contributed by atoms with E-state index in [0.717, 1.165) is 96.3 Å². The molecule has 8 heterocycles. The minimum Gasteiger partial charge on any atom is -0.384 e. The molecule has 12 heteroatoms. The monoisotopic (exact) mass is 857 g/mol. The summed E-state index contributed by atoms with van der Waals surface area (Å²) in [7, 11) is 2.04. The Bertz CT molecular complexity index is 2710. The van der Waals surface area contributed by atoms with Crippen molar-refractivity contribution < 1.29 is 0 Å². The van der Waals surface area contributed by atoms with Crippen LogP contribution in [0.2, 0.25) is 0 Å². The second kappa shape index (κ2) is 19.0. The third-order valence-electron chi connectivity index (χ3n) is 12.6. The van der Waals surface area contributed by atoms with Gasteiger partial charge in [-0.05, 0) is 93.4 Å². The largest absolute Gasteiger partial charge is 0.384 e. The summed E-state index contributed by atoms with van der Waals surface area (Å²) in [6.07, 6.45) is 15.9. The first-order chi connectivity index (χ1) is 31.0. The number of hydrogen-bond donors (Lipinski definition) is 1. The standard InChI is InChI=1S/C26H32N6.C24H26N6.C2H6/c1-17(2)25-22(7-6-12-27-25)26-24-16-31(13-14-32(24)19(4)29-26)21-10-8-20(9-11-21)23-15-30(5)18(3)28-23;1-17(2)23-21(5-4-10-26-23)24-22-15-28(13-14-30(22)18(3)27-24)19-6-8-20(9-7-19)29-12-11-25-16-29;1-2/h6-12,15,17,25,27H,13-14,16H2,1-5H3;4-12,16-17H,13-15H2,1-3H3;1-2H3. The molecule has 1 atom stereocenters. The van der Waals surface area contributed by atoms with Crippen molar-refractivity contribution in [2.24, 2.45) is 13.0 Å². The molecule has 332 valence electrons. The van der Waals surface area contributed by atoms with Gasteiger partial charge in [0.15, 0.2) is 0 Å². The zero-order chi connectivity index (χ0) is 45.1. The number of imidazole rings is 4. The number of aromatic nitrogens is 9. The smallest absolute Gasteiger partial charge is 0.106 e. The first kappa shape index (κ1) is 43.9. The molecule has 3 aliphatic heterocycles. The molecule has 0 amide bonds. The topological polar surface area (TPSA) is 103 Å². The van der Waals surface area contributed by atoms with Crippen LogP contribution in [-0.2, 0) is 33.2 Å². The van der Waals surface area contributed by atoms with Crippen molar-refractivity contribution in [3.05, 3.63) is 150 Å². The molecule has 5 aromatic heterocycles. The fraction of sp³-hybridized carbons (Fsp3) is 0.365. The maximum Gasteiger partial charge on any atom is 0.106 e. The van der Waals surface area contributed by atoms with Gasteiger partial charge in [0.25, 0.3) is 0 Å². The van der Waals surface area contributed by atoms with E-state index in [2.05, 4.69) is 158 Å². The summed E-state index contributed by atoms with van der Waals surface area (Å²) in [6, 6.07) is 21.9. The van der Waals surface area contributed by atoms with Crippen LogP contribution in [0, 0.1) is 26.7 Å². The Kier molecular flexibility index (Phi) is 13.0. The molecule has 1 N–H and O–H groups in total. The third kappa shape index (κ3) is 8.78. The van der Waals surface area contributed by atoms with Crippen molar-refractivity contribution in [3.8, 4) is 28.2 Å². The van der Waals surface area contributed by atoms with Gasteiger partial charge >= 0.3 is 0 Å². The van der Waals surface area contributed by atoms with Crippen molar-refractivity contribution in [2.45, 2.75) is 100 Å². The second-order valence-electron chi connectivity index (χ2n) is 17.3. The lowest BCUT2D eigenvalue weighted by molar-refractivity contribution is 0.521. The van der Waals surface area contributed by atoms with Crippen LogP contribution in [0.3, 0.4) is 0 Å². The number of pyridine rings is 1. The quantitative estimate of drug-likeness (QED) is 0.161. The Morgan fingerprint density at radius 1 is 0.688 bits per heavy atom. The lowest BCUT2D eigenvalue weighted by Gasteiger charge is -2.32. The fourth-order valence-electron chi connectivity index (χ4n) is 9.13. The Morgan fingerprint density at radius 3 is 1.88 bits per heavy atom. The van der Waals surface area contributed by atoms with Gasteiger partial charge in [0.05, 0.1) is 59.6 Å². The number of anilines is 2. The van der Waals surface area contributed by atoms with Crippen LogP contribution >= 0.6 is 0 Å². The first-order valence-corrected chi connectivity index (χ1v) is 22.9. The lowest BCUT2D eigenvalue weighted by Crippen LogP contribution is -2.36. The predicted octanol–water partition coefficient (Wildman–Crippen LogP) is 10.1. The van der Waals surface area contributed by atoms with Gasteiger partial charge in [0.1, 0.15) is 17.5 Å². The van der Waals surface area contributed by atoms with Gasteiger partial charge in [-0.3, -0.25) is 4.98 Å². The normalized spacial score (nSPS) is 15.5. The average Bonchev–Trinajstić information content (AvgIpc) is 4.13. The molecule has 10 rings (SSSR count). The lowest BCUT2D eigenvalue weighted by atomic mass is 9.91.